The average Bonchev–Trinajstić information content (AvgIpc) is 2.82. The van der Waals surface area contributed by atoms with E-state index in [-0.39, 0.29) is 11.7 Å². The van der Waals surface area contributed by atoms with Crippen LogP contribution in [0.1, 0.15) is 23.5 Å². The molecular weight excluding hydrogens is 259 g/mol. The van der Waals surface area contributed by atoms with Crippen molar-refractivity contribution >= 4 is 5.97 Å². The van der Waals surface area contributed by atoms with Crippen LogP contribution >= 0.6 is 0 Å². The highest BCUT2D eigenvalue weighted by Crippen LogP contribution is 2.21. The maximum Gasteiger partial charge on any atom is 0.307 e. The zero-order valence-electron chi connectivity index (χ0n) is 10.9. The van der Waals surface area contributed by atoms with Crippen LogP contribution in [0, 0.1) is 11.7 Å². The molecule has 20 heavy (non-hydrogen) atoms. The third-order valence-corrected chi connectivity index (χ3v) is 3.70. The molecule has 0 saturated heterocycles. The van der Waals surface area contributed by atoms with Crippen molar-refractivity contribution in [1.29, 1.82) is 0 Å². The Morgan fingerprint density at radius 3 is 2.85 bits per heavy atom. The van der Waals surface area contributed by atoms with Gasteiger partial charge in [0.1, 0.15) is 11.6 Å². The number of hydrogen-bond acceptors (Lipinski definition) is 2. The zero-order chi connectivity index (χ0) is 14.1. The summed E-state index contributed by atoms with van der Waals surface area (Å²) >= 11 is 0. The lowest BCUT2D eigenvalue weighted by molar-refractivity contribution is -0.142. The van der Waals surface area contributed by atoms with E-state index < -0.39 is 5.97 Å². The maximum absolute atomic E-state index is 12.9. The van der Waals surface area contributed by atoms with Gasteiger partial charge in [0, 0.05) is 25.6 Å². The molecule has 3 rings (SSSR count). The monoisotopic (exact) mass is 274 g/mol. The molecule has 0 amide bonds. The fraction of sp³-hybridized carbons (Fsp3) is 0.333. The molecule has 1 unspecified atom stereocenters. The Morgan fingerprint density at radius 2 is 2.15 bits per heavy atom. The first kappa shape index (κ1) is 12.8. The van der Waals surface area contributed by atoms with Gasteiger partial charge >= 0.3 is 5.97 Å². The Kier molecular flexibility index (Phi) is 3.26. The first-order chi connectivity index (χ1) is 9.61. The van der Waals surface area contributed by atoms with E-state index in [4.69, 9.17) is 5.11 Å². The third kappa shape index (κ3) is 2.57. The smallest absolute Gasteiger partial charge is 0.307 e. The Labute approximate surface area is 115 Å². The molecule has 2 heterocycles. The van der Waals surface area contributed by atoms with Crippen LogP contribution in [0.5, 0.6) is 0 Å². The van der Waals surface area contributed by atoms with Crippen molar-refractivity contribution in [1.82, 2.24) is 9.55 Å². The highest BCUT2D eigenvalue weighted by Gasteiger charge is 2.25. The predicted octanol–water partition coefficient (Wildman–Crippen LogP) is 2.26. The van der Waals surface area contributed by atoms with E-state index in [0.717, 1.165) is 17.1 Å². The van der Waals surface area contributed by atoms with Crippen LogP contribution in [0.15, 0.2) is 30.5 Å². The normalized spacial score (nSPS) is 17.8. The van der Waals surface area contributed by atoms with Gasteiger partial charge in [-0.2, -0.15) is 0 Å². The van der Waals surface area contributed by atoms with E-state index in [1.54, 1.807) is 12.1 Å². The van der Waals surface area contributed by atoms with E-state index in [1.165, 1.54) is 12.1 Å². The quantitative estimate of drug-likeness (QED) is 0.934. The fourth-order valence-corrected chi connectivity index (χ4v) is 2.59. The summed E-state index contributed by atoms with van der Waals surface area (Å²) in [6.07, 6.45) is 3.74. The summed E-state index contributed by atoms with van der Waals surface area (Å²) in [6, 6.07) is 6.36. The van der Waals surface area contributed by atoms with E-state index in [2.05, 4.69) is 4.98 Å². The molecule has 0 radical (unpaired) electrons. The molecule has 2 aromatic rings. The van der Waals surface area contributed by atoms with Crippen molar-refractivity contribution in [2.24, 2.45) is 5.92 Å². The van der Waals surface area contributed by atoms with Gasteiger partial charge in [-0.3, -0.25) is 4.79 Å². The van der Waals surface area contributed by atoms with Crippen LogP contribution in [-0.2, 0) is 24.2 Å². The minimum absolute atomic E-state index is 0.248. The number of nitrogens with zero attached hydrogens (tertiary/aromatic N) is 2. The van der Waals surface area contributed by atoms with Crippen molar-refractivity contribution in [3.05, 3.63) is 53.4 Å². The zero-order valence-corrected chi connectivity index (χ0v) is 10.9. The molecule has 1 aromatic heterocycles. The van der Waals surface area contributed by atoms with Crippen LogP contribution in [0.4, 0.5) is 4.39 Å². The van der Waals surface area contributed by atoms with Crippen LogP contribution in [0.25, 0.3) is 0 Å². The van der Waals surface area contributed by atoms with Crippen molar-refractivity contribution in [3.8, 4) is 0 Å². The van der Waals surface area contributed by atoms with Gasteiger partial charge in [0.2, 0.25) is 0 Å². The second-order valence-electron chi connectivity index (χ2n) is 5.17. The van der Waals surface area contributed by atoms with Crippen LogP contribution in [0.2, 0.25) is 0 Å². The second kappa shape index (κ2) is 5.07. The topological polar surface area (TPSA) is 55.1 Å². The first-order valence-electron chi connectivity index (χ1n) is 6.64. The third-order valence-electron chi connectivity index (χ3n) is 3.70. The Hall–Kier alpha value is -2.17. The van der Waals surface area contributed by atoms with Crippen LogP contribution in [0.3, 0.4) is 0 Å². The number of imidazole rings is 1. The lowest BCUT2D eigenvalue weighted by Gasteiger charge is -2.19. The Morgan fingerprint density at radius 1 is 1.40 bits per heavy atom. The van der Waals surface area contributed by atoms with Gasteiger partial charge in [0.05, 0.1) is 11.6 Å². The highest BCUT2D eigenvalue weighted by atomic mass is 19.1. The van der Waals surface area contributed by atoms with Crippen LogP contribution in [-0.4, -0.2) is 20.6 Å². The summed E-state index contributed by atoms with van der Waals surface area (Å²) < 4.78 is 14.9. The van der Waals surface area contributed by atoms with E-state index in [1.807, 2.05) is 10.8 Å². The number of fused-ring (bicyclic) bond motifs is 1. The first-order valence-corrected chi connectivity index (χ1v) is 6.64. The number of aliphatic carboxylic acids is 1. The number of aryl methyl sites for hydroxylation is 1. The molecule has 1 N–H and O–H groups in total. The van der Waals surface area contributed by atoms with Gasteiger partial charge in [-0.15, -0.1) is 0 Å². The number of hydrogen-bond donors (Lipinski definition) is 1. The lowest BCUT2D eigenvalue weighted by atomic mass is 9.98. The fourth-order valence-electron chi connectivity index (χ4n) is 2.59. The van der Waals surface area contributed by atoms with Gasteiger partial charge in [0.25, 0.3) is 0 Å². The highest BCUT2D eigenvalue weighted by molar-refractivity contribution is 5.70. The van der Waals surface area contributed by atoms with Crippen LogP contribution < -0.4 is 0 Å². The summed E-state index contributed by atoms with van der Waals surface area (Å²) in [5, 5.41) is 9.06. The minimum atomic E-state index is -0.751. The number of benzene rings is 1. The summed E-state index contributed by atoms with van der Waals surface area (Å²) in [6.45, 7) is 0.697. The Bertz CT molecular complexity index is 634. The number of halogens is 1. The van der Waals surface area contributed by atoms with Crippen molar-refractivity contribution in [2.45, 2.75) is 25.8 Å². The number of rotatable bonds is 3. The maximum atomic E-state index is 12.9. The summed E-state index contributed by atoms with van der Waals surface area (Å²) in [5.41, 5.74) is 1.90. The average molecular weight is 274 g/mol. The largest absolute Gasteiger partial charge is 0.481 e. The van der Waals surface area contributed by atoms with E-state index >= 15 is 0 Å². The number of carbonyl (C=O) groups is 1. The van der Waals surface area contributed by atoms with Gasteiger partial charge in [-0.05, 0) is 24.1 Å². The predicted molar refractivity (Wildman–Crippen MR) is 70.9 cm³/mol. The summed E-state index contributed by atoms with van der Waals surface area (Å²) in [5.74, 6) is -0.495. The molecule has 5 heteroatoms. The molecule has 0 saturated carbocycles. The molecule has 104 valence electrons. The van der Waals surface area contributed by atoms with Gasteiger partial charge in [-0.25, -0.2) is 9.37 Å². The number of carboxylic acid groups (broad SMARTS) is 1. The number of carboxylic acids is 1. The molecule has 0 fully saturated rings. The Balaban J connectivity index is 1.77. The molecule has 0 bridgehead atoms. The van der Waals surface area contributed by atoms with Crippen molar-refractivity contribution in [3.63, 3.8) is 0 Å². The molecule has 1 aliphatic rings. The second-order valence-corrected chi connectivity index (χ2v) is 5.17. The van der Waals surface area contributed by atoms with Crippen molar-refractivity contribution < 1.29 is 14.3 Å². The van der Waals surface area contributed by atoms with Gasteiger partial charge in [0.15, 0.2) is 0 Å². The molecule has 4 nitrogen and oxygen atoms in total. The molecular formula is C15H15FN2O2. The summed E-state index contributed by atoms with van der Waals surface area (Å²) in [4.78, 5) is 15.5. The molecule has 0 spiro atoms. The van der Waals surface area contributed by atoms with E-state index in [9.17, 15) is 9.18 Å². The lowest BCUT2D eigenvalue weighted by Crippen LogP contribution is -2.25. The molecule has 1 atom stereocenters. The van der Waals surface area contributed by atoms with Gasteiger partial charge < -0.3 is 9.67 Å². The standard InChI is InChI=1S/C15H15FN2O2/c16-12-3-1-10(2-4-12)7-13-9-18-6-5-11(15(19)20)8-14(18)17-13/h1-4,9,11H,5-8H2,(H,19,20). The number of aromatic nitrogens is 2. The van der Waals surface area contributed by atoms with Crippen molar-refractivity contribution in [2.75, 3.05) is 0 Å². The van der Waals surface area contributed by atoms with Gasteiger partial charge in [-0.1, -0.05) is 12.1 Å². The summed E-state index contributed by atoms with van der Waals surface area (Å²) in [7, 11) is 0. The molecule has 1 aromatic carbocycles. The SMILES string of the molecule is O=C(O)C1CCn2cc(Cc3ccc(F)cc3)nc2C1. The minimum Gasteiger partial charge on any atom is -0.481 e. The molecule has 0 aliphatic carbocycles. The molecule has 1 aliphatic heterocycles. The van der Waals surface area contributed by atoms with E-state index in [0.29, 0.717) is 25.8 Å².